The van der Waals surface area contributed by atoms with Gasteiger partial charge in [0.1, 0.15) is 0 Å². The monoisotopic (exact) mass is 181 g/mol. The highest BCUT2D eigenvalue weighted by atomic mass is 16.1. The first-order chi connectivity index (χ1) is 6.07. The van der Waals surface area contributed by atoms with Crippen LogP contribution in [0.15, 0.2) is 0 Å². The lowest BCUT2D eigenvalue weighted by molar-refractivity contribution is -0.125. The molecule has 3 rings (SSSR count). The molecule has 13 heavy (non-hydrogen) atoms. The van der Waals surface area contributed by atoms with Gasteiger partial charge in [0.2, 0.25) is 6.41 Å². The van der Waals surface area contributed by atoms with E-state index in [4.69, 9.17) is 0 Å². The van der Waals surface area contributed by atoms with Gasteiger partial charge in [0.15, 0.2) is 0 Å². The van der Waals surface area contributed by atoms with Gasteiger partial charge in [-0.05, 0) is 36.0 Å². The number of carbonyl (C=O) groups excluding carboxylic acids is 1. The number of hydrogen-bond acceptors (Lipinski definition) is 1. The fraction of sp³-hybridized carbons (Fsp3) is 0.909. The van der Waals surface area contributed by atoms with Gasteiger partial charge in [-0.3, -0.25) is 4.79 Å². The fourth-order valence-electron chi connectivity index (χ4n) is 3.46. The van der Waals surface area contributed by atoms with Crippen molar-refractivity contribution in [2.75, 3.05) is 0 Å². The summed E-state index contributed by atoms with van der Waals surface area (Å²) in [5, 5.41) is 2.95. The molecule has 2 bridgehead atoms. The average molecular weight is 181 g/mol. The van der Waals surface area contributed by atoms with Gasteiger partial charge in [-0.25, -0.2) is 0 Å². The van der Waals surface area contributed by atoms with E-state index in [0.717, 1.165) is 18.2 Å². The molecule has 0 radical (unpaired) electrons. The van der Waals surface area contributed by atoms with Gasteiger partial charge in [-0.2, -0.15) is 0 Å². The van der Waals surface area contributed by atoms with Gasteiger partial charge in [0.25, 0.3) is 0 Å². The zero-order chi connectivity index (χ0) is 9.64. The first-order valence-electron chi connectivity index (χ1n) is 5.27. The second-order valence-corrected chi connectivity index (χ2v) is 5.35. The summed E-state index contributed by atoms with van der Waals surface area (Å²) < 4.78 is 0. The maximum atomic E-state index is 10.4. The molecule has 0 spiro atoms. The van der Waals surface area contributed by atoms with Gasteiger partial charge in [-0.15, -0.1) is 0 Å². The molecule has 1 N–H and O–H groups in total. The molecule has 74 valence electrons. The van der Waals surface area contributed by atoms with Gasteiger partial charge in [0, 0.05) is 6.04 Å². The second-order valence-electron chi connectivity index (χ2n) is 5.35. The molecule has 0 saturated heterocycles. The number of carbonyl (C=O) groups is 1. The van der Waals surface area contributed by atoms with E-state index < -0.39 is 0 Å². The Morgan fingerprint density at radius 3 is 2.54 bits per heavy atom. The summed E-state index contributed by atoms with van der Waals surface area (Å²) in [4.78, 5) is 10.4. The number of hydrogen-bond donors (Lipinski definition) is 1. The highest BCUT2D eigenvalue weighted by Gasteiger charge is 2.56. The molecule has 3 fully saturated rings. The highest BCUT2D eigenvalue weighted by molar-refractivity contribution is 5.47. The van der Waals surface area contributed by atoms with Gasteiger partial charge in [-0.1, -0.05) is 20.8 Å². The summed E-state index contributed by atoms with van der Waals surface area (Å²) in [5.41, 5.74) is 0.528. The molecule has 0 aromatic heterocycles. The van der Waals surface area contributed by atoms with Crippen molar-refractivity contribution in [2.45, 2.75) is 39.7 Å². The largest absolute Gasteiger partial charge is 0.356 e. The van der Waals surface area contributed by atoms with Crippen LogP contribution in [0.4, 0.5) is 0 Å². The Balaban J connectivity index is 2.07. The van der Waals surface area contributed by atoms with E-state index in [1.54, 1.807) is 0 Å². The molecule has 2 heteroatoms. The maximum absolute atomic E-state index is 10.4. The quantitative estimate of drug-likeness (QED) is 0.647. The Bertz CT molecular complexity index is 224. The SMILES string of the molecule is C[C@H]1C2C[C@H](C[C@@H]1NC=O)C2(C)C. The Morgan fingerprint density at radius 2 is 2.08 bits per heavy atom. The summed E-state index contributed by atoms with van der Waals surface area (Å²) in [6, 6.07) is 0.439. The number of nitrogens with one attached hydrogen (secondary N) is 1. The predicted octanol–water partition coefficient (Wildman–Crippen LogP) is 1.80. The lowest BCUT2D eigenvalue weighted by Gasteiger charge is -2.61. The fourth-order valence-corrected chi connectivity index (χ4v) is 3.46. The summed E-state index contributed by atoms with van der Waals surface area (Å²) in [7, 11) is 0. The summed E-state index contributed by atoms with van der Waals surface area (Å²) in [6.07, 6.45) is 3.42. The van der Waals surface area contributed by atoms with E-state index in [0.29, 0.717) is 17.4 Å². The van der Waals surface area contributed by atoms with Crippen LogP contribution in [0.3, 0.4) is 0 Å². The van der Waals surface area contributed by atoms with Crippen molar-refractivity contribution in [1.29, 1.82) is 0 Å². The third-order valence-electron chi connectivity index (χ3n) is 4.64. The maximum Gasteiger partial charge on any atom is 0.207 e. The predicted molar refractivity (Wildman–Crippen MR) is 52.1 cm³/mol. The zero-order valence-corrected chi connectivity index (χ0v) is 8.71. The smallest absolute Gasteiger partial charge is 0.207 e. The molecule has 0 aromatic rings. The third kappa shape index (κ3) is 1.11. The van der Waals surface area contributed by atoms with Crippen LogP contribution in [0.25, 0.3) is 0 Å². The van der Waals surface area contributed by atoms with Crippen molar-refractivity contribution in [3.8, 4) is 0 Å². The van der Waals surface area contributed by atoms with Gasteiger partial charge in [0.05, 0.1) is 0 Å². The molecule has 2 nitrogen and oxygen atoms in total. The molecule has 3 aliphatic rings. The van der Waals surface area contributed by atoms with Crippen LogP contribution >= 0.6 is 0 Å². The number of fused-ring (bicyclic) bond motifs is 2. The van der Waals surface area contributed by atoms with Crippen molar-refractivity contribution >= 4 is 6.41 Å². The van der Waals surface area contributed by atoms with Crippen molar-refractivity contribution in [1.82, 2.24) is 5.32 Å². The van der Waals surface area contributed by atoms with Crippen LogP contribution in [0.5, 0.6) is 0 Å². The van der Waals surface area contributed by atoms with E-state index in [1.165, 1.54) is 12.8 Å². The van der Waals surface area contributed by atoms with Gasteiger partial charge < -0.3 is 5.32 Å². The minimum absolute atomic E-state index is 0.439. The van der Waals surface area contributed by atoms with E-state index >= 15 is 0 Å². The Labute approximate surface area is 80.1 Å². The molecular formula is C11H19NO. The van der Waals surface area contributed by atoms with E-state index in [2.05, 4.69) is 26.1 Å². The Hall–Kier alpha value is -0.530. The minimum atomic E-state index is 0.439. The molecule has 4 atom stereocenters. The topological polar surface area (TPSA) is 29.1 Å². The molecule has 1 amide bonds. The summed E-state index contributed by atoms with van der Waals surface area (Å²) in [5.74, 6) is 2.32. The van der Waals surface area contributed by atoms with Crippen molar-refractivity contribution < 1.29 is 4.79 Å². The van der Waals surface area contributed by atoms with Crippen LogP contribution in [0.2, 0.25) is 0 Å². The molecule has 0 heterocycles. The van der Waals surface area contributed by atoms with Crippen LogP contribution in [0.1, 0.15) is 33.6 Å². The zero-order valence-electron chi connectivity index (χ0n) is 8.71. The van der Waals surface area contributed by atoms with Crippen LogP contribution in [-0.2, 0) is 4.79 Å². The van der Waals surface area contributed by atoms with Gasteiger partial charge >= 0.3 is 0 Å². The molecule has 0 aromatic carbocycles. The second kappa shape index (κ2) is 2.73. The van der Waals surface area contributed by atoms with Crippen LogP contribution in [0, 0.1) is 23.2 Å². The summed E-state index contributed by atoms with van der Waals surface area (Å²) >= 11 is 0. The van der Waals surface area contributed by atoms with Crippen molar-refractivity contribution in [3.05, 3.63) is 0 Å². The average Bonchev–Trinajstić information content (AvgIpc) is 2.08. The minimum Gasteiger partial charge on any atom is -0.356 e. The lowest BCUT2D eigenvalue weighted by atomic mass is 9.45. The number of amides is 1. The Kier molecular flexibility index (Phi) is 1.90. The summed E-state index contributed by atoms with van der Waals surface area (Å²) in [6.45, 7) is 7.03. The standard InChI is InChI=1S/C11H19NO/c1-7-9-4-8(11(9,2)3)5-10(7)12-6-13/h6-10H,4-5H2,1-3H3,(H,12,13)/t7-,8+,9?,10-/m0/s1. The lowest BCUT2D eigenvalue weighted by Crippen LogP contribution is -2.59. The van der Waals surface area contributed by atoms with Crippen molar-refractivity contribution in [3.63, 3.8) is 0 Å². The number of rotatable bonds is 2. The first-order valence-corrected chi connectivity index (χ1v) is 5.27. The first kappa shape index (κ1) is 9.04. The van der Waals surface area contributed by atoms with Crippen LogP contribution < -0.4 is 5.32 Å². The highest BCUT2D eigenvalue weighted by Crippen LogP contribution is 2.61. The molecule has 3 aliphatic carbocycles. The normalized spacial score (nSPS) is 46.4. The molecule has 0 aliphatic heterocycles. The molecule has 3 saturated carbocycles. The Morgan fingerprint density at radius 1 is 1.38 bits per heavy atom. The van der Waals surface area contributed by atoms with E-state index in [-0.39, 0.29) is 0 Å². The molecular weight excluding hydrogens is 162 g/mol. The van der Waals surface area contributed by atoms with Crippen LogP contribution in [-0.4, -0.2) is 12.5 Å². The molecule has 1 unspecified atom stereocenters. The van der Waals surface area contributed by atoms with Crippen molar-refractivity contribution in [2.24, 2.45) is 23.2 Å². The van der Waals surface area contributed by atoms with E-state index in [9.17, 15) is 4.79 Å². The third-order valence-corrected chi connectivity index (χ3v) is 4.64. The van der Waals surface area contributed by atoms with E-state index in [1.807, 2.05) is 0 Å².